The van der Waals surface area contributed by atoms with Gasteiger partial charge in [0.25, 0.3) is 0 Å². The average Bonchev–Trinajstić information content (AvgIpc) is 2.25. The van der Waals surface area contributed by atoms with Gasteiger partial charge in [-0.15, -0.1) is 0 Å². The van der Waals surface area contributed by atoms with E-state index in [9.17, 15) is 9.18 Å². The number of thioether (sulfide) groups is 1. The zero-order chi connectivity index (χ0) is 12.0. The molecule has 1 rings (SSSR count). The third-order valence-corrected chi connectivity index (χ3v) is 3.68. The monoisotopic (exact) mass is 260 g/mol. The Bertz CT molecular complexity index is 368. The molecule has 0 radical (unpaired) electrons. The summed E-state index contributed by atoms with van der Waals surface area (Å²) in [6.07, 6.45) is 1.27. The number of carbonyl (C=O) groups excluding carboxylic acids is 1. The molecule has 0 aromatic heterocycles. The predicted octanol–water partition coefficient (Wildman–Crippen LogP) is 3.73. The van der Waals surface area contributed by atoms with E-state index < -0.39 is 5.82 Å². The van der Waals surface area contributed by atoms with Crippen LogP contribution in [0.5, 0.6) is 0 Å². The van der Waals surface area contributed by atoms with Gasteiger partial charge < -0.3 is 0 Å². The summed E-state index contributed by atoms with van der Waals surface area (Å²) in [6, 6.07) is 4.55. The quantitative estimate of drug-likeness (QED) is 0.725. The van der Waals surface area contributed by atoms with Gasteiger partial charge in [-0.05, 0) is 23.8 Å². The van der Waals surface area contributed by atoms with Crippen LogP contribution in [0.2, 0.25) is 5.02 Å². The molecule has 1 nitrogen and oxygen atoms in total. The molecule has 1 aromatic rings. The fraction of sp³-hybridized carbons (Fsp3) is 0.417. The first kappa shape index (κ1) is 13.5. The topological polar surface area (TPSA) is 17.1 Å². The number of ketones is 1. The SMILES string of the molecule is CCCSCC(=O)Cc1cccc(F)c1Cl. The van der Waals surface area contributed by atoms with Crippen LogP contribution >= 0.6 is 23.4 Å². The molecule has 4 heteroatoms. The molecular weight excluding hydrogens is 247 g/mol. The van der Waals surface area contributed by atoms with Crippen molar-refractivity contribution in [1.29, 1.82) is 0 Å². The average molecular weight is 261 g/mol. The molecule has 0 saturated heterocycles. The van der Waals surface area contributed by atoms with Crippen molar-refractivity contribution in [2.24, 2.45) is 0 Å². The Morgan fingerprint density at radius 3 is 2.94 bits per heavy atom. The third-order valence-electron chi connectivity index (χ3n) is 2.03. The number of hydrogen-bond acceptors (Lipinski definition) is 2. The van der Waals surface area contributed by atoms with E-state index in [-0.39, 0.29) is 17.2 Å². The maximum absolute atomic E-state index is 13.1. The van der Waals surface area contributed by atoms with Gasteiger partial charge in [-0.1, -0.05) is 30.7 Å². The summed E-state index contributed by atoms with van der Waals surface area (Å²) in [7, 11) is 0. The van der Waals surface area contributed by atoms with Gasteiger partial charge in [0.2, 0.25) is 0 Å². The molecular formula is C12H14ClFOS. The summed E-state index contributed by atoms with van der Waals surface area (Å²) >= 11 is 7.37. The summed E-state index contributed by atoms with van der Waals surface area (Å²) in [6.45, 7) is 2.07. The first-order valence-corrected chi connectivity index (χ1v) is 6.70. The van der Waals surface area contributed by atoms with Crippen molar-refractivity contribution < 1.29 is 9.18 Å². The maximum atomic E-state index is 13.1. The van der Waals surface area contributed by atoms with Crippen molar-refractivity contribution >= 4 is 29.1 Å². The van der Waals surface area contributed by atoms with Gasteiger partial charge in [0.15, 0.2) is 0 Å². The van der Waals surface area contributed by atoms with E-state index in [0.29, 0.717) is 11.3 Å². The Hall–Kier alpha value is -0.540. The molecule has 0 aliphatic rings. The highest BCUT2D eigenvalue weighted by molar-refractivity contribution is 7.99. The van der Waals surface area contributed by atoms with Crippen molar-refractivity contribution in [2.45, 2.75) is 19.8 Å². The smallest absolute Gasteiger partial charge is 0.147 e. The lowest BCUT2D eigenvalue weighted by molar-refractivity contribution is -0.116. The second kappa shape index (κ2) is 6.92. The van der Waals surface area contributed by atoms with Crippen molar-refractivity contribution in [3.8, 4) is 0 Å². The lowest BCUT2D eigenvalue weighted by atomic mass is 10.1. The van der Waals surface area contributed by atoms with Crippen LogP contribution in [0, 0.1) is 5.82 Å². The van der Waals surface area contributed by atoms with Gasteiger partial charge >= 0.3 is 0 Å². The lowest BCUT2D eigenvalue weighted by Gasteiger charge is -2.04. The van der Waals surface area contributed by atoms with Crippen LogP contribution in [0.25, 0.3) is 0 Å². The fourth-order valence-electron chi connectivity index (χ4n) is 1.28. The van der Waals surface area contributed by atoms with Crippen LogP contribution in [-0.2, 0) is 11.2 Å². The van der Waals surface area contributed by atoms with Crippen LogP contribution in [0.3, 0.4) is 0 Å². The fourth-order valence-corrected chi connectivity index (χ4v) is 2.23. The van der Waals surface area contributed by atoms with E-state index in [4.69, 9.17) is 11.6 Å². The van der Waals surface area contributed by atoms with E-state index in [2.05, 4.69) is 6.92 Å². The number of halogens is 2. The molecule has 0 N–H and O–H groups in total. The molecule has 88 valence electrons. The second-order valence-electron chi connectivity index (χ2n) is 3.48. The Morgan fingerprint density at radius 1 is 1.50 bits per heavy atom. The normalized spacial score (nSPS) is 10.4. The Kier molecular flexibility index (Phi) is 5.85. The zero-order valence-corrected chi connectivity index (χ0v) is 10.7. The summed E-state index contributed by atoms with van der Waals surface area (Å²) in [4.78, 5) is 11.5. The molecule has 0 spiro atoms. The third kappa shape index (κ3) is 4.14. The van der Waals surface area contributed by atoms with Crippen molar-refractivity contribution in [2.75, 3.05) is 11.5 Å². The standard InChI is InChI=1S/C12H14ClFOS/c1-2-6-16-8-10(15)7-9-4-3-5-11(14)12(9)13/h3-5H,2,6-8H2,1H3. The second-order valence-corrected chi connectivity index (χ2v) is 4.96. The summed E-state index contributed by atoms with van der Waals surface area (Å²) in [5.41, 5.74) is 0.573. The largest absolute Gasteiger partial charge is 0.298 e. The van der Waals surface area contributed by atoms with E-state index in [1.807, 2.05) is 0 Å². The highest BCUT2D eigenvalue weighted by Crippen LogP contribution is 2.20. The summed E-state index contributed by atoms with van der Waals surface area (Å²) < 4.78 is 13.1. The van der Waals surface area contributed by atoms with Gasteiger partial charge in [-0.2, -0.15) is 11.8 Å². The van der Waals surface area contributed by atoms with Gasteiger partial charge in [0, 0.05) is 6.42 Å². The van der Waals surface area contributed by atoms with Gasteiger partial charge in [0.05, 0.1) is 10.8 Å². The molecule has 0 saturated carbocycles. The number of benzene rings is 1. The van der Waals surface area contributed by atoms with E-state index in [1.54, 1.807) is 23.9 Å². The lowest BCUT2D eigenvalue weighted by Crippen LogP contribution is -2.07. The zero-order valence-electron chi connectivity index (χ0n) is 9.13. The first-order valence-electron chi connectivity index (χ1n) is 5.17. The van der Waals surface area contributed by atoms with Gasteiger partial charge in [-0.25, -0.2) is 4.39 Å². The molecule has 0 unspecified atom stereocenters. The molecule has 0 aliphatic carbocycles. The van der Waals surface area contributed by atoms with Crippen LogP contribution in [0.4, 0.5) is 4.39 Å². The van der Waals surface area contributed by atoms with Crippen molar-refractivity contribution in [1.82, 2.24) is 0 Å². The molecule has 0 atom stereocenters. The Morgan fingerprint density at radius 2 is 2.25 bits per heavy atom. The van der Waals surface area contributed by atoms with Crippen LogP contribution in [0.15, 0.2) is 18.2 Å². The minimum absolute atomic E-state index is 0.0661. The molecule has 1 aromatic carbocycles. The van der Waals surface area contributed by atoms with E-state index in [0.717, 1.165) is 12.2 Å². The van der Waals surface area contributed by atoms with Gasteiger partial charge in [0.1, 0.15) is 11.6 Å². The highest BCUT2D eigenvalue weighted by Gasteiger charge is 2.09. The minimum atomic E-state index is -0.465. The number of rotatable bonds is 6. The molecule has 0 heterocycles. The van der Waals surface area contributed by atoms with E-state index >= 15 is 0 Å². The molecule has 16 heavy (non-hydrogen) atoms. The molecule has 0 bridgehead atoms. The Labute approximate surface area is 104 Å². The predicted molar refractivity (Wildman–Crippen MR) is 67.7 cm³/mol. The van der Waals surface area contributed by atoms with Crippen LogP contribution in [-0.4, -0.2) is 17.3 Å². The highest BCUT2D eigenvalue weighted by atomic mass is 35.5. The minimum Gasteiger partial charge on any atom is -0.298 e. The van der Waals surface area contributed by atoms with Crippen molar-refractivity contribution in [3.05, 3.63) is 34.6 Å². The Balaban J connectivity index is 2.53. The number of Topliss-reactive ketones (excluding diaryl/α,β-unsaturated/α-hetero) is 1. The van der Waals surface area contributed by atoms with E-state index in [1.165, 1.54) is 6.07 Å². The summed E-state index contributed by atoms with van der Waals surface area (Å²) in [5.74, 6) is 1.07. The summed E-state index contributed by atoms with van der Waals surface area (Å²) in [5, 5.41) is 0.0661. The number of hydrogen-bond donors (Lipinski definition) is 0. The van der Waals surface area contributed by atoms with Crippen molar-refractivity contribution in [3.63, 3.8) is 0 Å². The maximum Gasteiger partial charge on any atom is 0.147 e. The van der Waals surface area contributed by atoms with Crippen LogP contribution < -0.4 is 0 Å². The van der Waals surface area contributed by atoms with Gasteiger partial charge in [-0.3, -0.25) is 4.79 Å². The first-order chi connectivity index (χ1) is 7.65. The molecule has 0 amide bonds. The van der Waals surface area contributed by atoms with Crippen LogP contribution in [0.1, 0.15) is 18.9 Å². The number of carbonyl (C=O) groups is 1. The molecule has 0 fully saturated rings. The molecule has 0 aliphatic heterocycles.